The van der Waals surface area contributed by atoms with Crippen LogP contribution in [0.1, 0.15) is 51.3 Å². The molecule has 0 unspecified atom stereocenters. The van der Waals surface area contributed by atoms with Crippen LogP contribution in [0, 0.1) is 31.0 Å². The highest BCUT2D eigenvalue weighted by Gasteiger charge is 2.46. The van der Waals surface area contributed by atoms with Crippen LogP contribution in [0.3, 0.4) is 0 Å². The minimum absolute atomic E-state index is 0.0429. The van der Waals surface area contributed by atoms with Crippen molar-refractivity contribution in [2.24, 2.45) is 0 Å². The molecule has 1 aromatic carbocycles. The van der Waals surface area contributed by atoms with E-state index in [1.807, 2.05) is 0 Å². The summed E-state index contributed by atoms with van der Waals surface area (Å²) in [6, 6.07) is 2.83. The number of fused-ring (bicyclic) bond motifs is 3. The van der Waals surface area contributed by atoms with Crippen molar-refractivity contribution in [2.45, 2.75) is 45.5 Å². The van der Waals surface area contributed by atoms with Gasteiger partial charge >= 0.3 is 6.18 Å². The number of amides is 1. The Balaban J connectivity index is 2.00. The van der Waals surface area contributed by atoms with Gasteiger partial charge in [-0.25, -0.2) is 9.37 Å². The molecule has 34 heavy (non-hydrogen) atoms. The van der Waals surface area contributed by atoms with Gasteiger partial charge in [-0.15, -0.1) is 0 Å². The normalized spacial score (nSPS) is 15.7. The number of methoxy groups -OCH3 is 1. The molecule has 1 aliphatic heterocycles. The summed E-state index contributed by atoms with van der Waals surface area (Å²) in [7, 11) is 1.33. The number of rotatable bonds is 3. The lowest BCUT2D eigenvalue weighted by atomic mass is 10.0. The summed E-state index contributed by atoms with van der Waals surface area (Å²) < 4.78 is 63.7. The number of nitrogens with zero attached hydrogens (tertiary/aromatic N) is 4. The molecule has 0 spiro atoms. The Morgan fingerprint density at radius 2 is 1.94 bits per heavy atom. The Kier molecular flexibility index (Phi) is 4.59. The highest BCUT2D eigenvalue weighted by molar-refractivity contribution is 6.12. The molecule has 3 aromatic rings. The molecule has 1 amide bonds. The third kappa shape index (κ3) is 2.87. The summed E-state index contributed by atoms with van der Waals surface area (Å²) in [4.78, 5) is 18.7. The predicted molar refractivity (Wildman–Crippen MR) is 114 cm³/mol. The van der Waals surface area contributed by atoms with Crippen LogP contribution in [0.5, 0.6) is 5.75 Å². The third-order valence-electron chi connectivity index (χ3n) is 6.52. The van der Waals surface area contributed by atoms with E-state index in [-0.39, 0.29) is 52.2 Å². The van der Waals surface area contributed by atoms with Gasteiger partial charge in [0.25, 0.3) is 5.91 Å². The third-order valence-corrected chi connectivity index (χ3v) is 6.52. The Labute approximate surface area is 191 Å². The standard InChI is InChI=1S/C23H19F4N5O2/c1-9-13(24)6-15(34-3)10(2)18(9)32-19-16(12(7-28)21(32)29)20(23(25,26)27)30-14-8-31(11-4-5-11)22(33)17(14)19/h6,11H,4-5,8,29H2,1-3H3. The fraction of sp³-hybridized carbons (Fsp3) is 0.348. The lowest BCUT2D eigenvalue weighted by molar-refractivity contribution is -0.139. The summed E-state index contributed by atoms with van der Waals surface area (Å²) in [6.07, 6.45) is -3.42. The molecule has 1 saturated carbocycles. The van der Waals surface area contributed by atoms with Crippen molar-refractivity contribution in [3.8, 4) is 17.5 Å². The number of hydrogen-bond acceptors (Lipinski definition) is 5. The number of nitrogen functional groups attached to an aromatic ring is 1. The minimum Gasteiger partial charge on any atom is -0.496 e. The molecule has 0 atom stereocenters. The van der Waals surface area contributed by atoms with Gasteiger partial charge in [0.15, 0.2) is 5.69 Å². The highest BCUT2D eigenvalue weighted by Crippen LogP contribution is 2.46. The van der Waals surface area contributed by atoms with Crippen molar-refractivity contribution < 1.29 is 27.1 Å². The maximum Gasteiger partial charge on any atom is 0.434 e. The van der Waals surface area contributed by atoms with Crippen LogP contribution in [0.4, 0.5) is 23.4 Å². The second-order valence-corrected chi connectivity index (χ2v) is 8.53. The highest BCUT2D eigenvalue weighted by atomic mass is 19.4. The average molecular weight is 473 g/mol. The number of halogens is 4. The van der Waals surface area contributed by atoms with E-state index in [2.05, 4.69) is 4.98 Å². The molecule has 0 bridgehead atoms. The number of nitrogens with two attached hydrogens (primary N) is 1. The summed E-state index contributed by atoms with van der Waals surface area (Å²) in [5, 5.41) is 9.22. The fourth-order valence-corrected chi connectivity index (χ4v) is 4.78. The van der Waals surface area contributed by atoms with Gasteiger partial charge in [-0.2, -0.15) is 18.4 Å². The Morgan fingerprint density at radius 1 is 1.26 bits per heavy atom. The maximum atomic E-state index is 14.8. The number of carbonyl (C=O) groups is 1. The smallest absolute Gasteiger partial charge is 0.434 e. The number of carbonyl (C=O) groups excluding carboxylic acids is 1. The zero-order valence-electron chi connectivity index (χ0n) is 18.5. The molecule has 11 heteroatoms. The zero-order chi connectivity index (χ0) is 24.7. The minimum atomic E-state index is -4.92. The quantitative estimate of drug-likeness (QED) is 0.570. The number of pyridine rings is 1. The summed E-state index contributed by atoms with van der Waals surface area (Å²) >= 11 is 0. The van der Waals surface area contributed by atoms with E-state index in [0.717, 1.165) is 18.9 Å². The van der Waals surface area contributed by atoms with Gasteiger partial charge in [-0.1, -0.05) is 0 Å². The first-order chi connectivity index (χ1) is 16.0. The van der Waals surface area contributed by atoms with E-state index in [4.69, 9.17) is 10.5 Å². The summed E-state index contributed by atoms with van der Waals surface area (Å²) in [6.45, 7) is 2.97. The van der Waals surface area contributed by atoms with Gasteiger partial charge in [0.2, 0.25) is 0 Å². The number of nitriles is 1. The van der Waals surface area contributed by atoms with E-state index < -0.39 is 34.5 Å². The first-order valence-electron chi connectivity index (χ1n) is 10.5. The molecule has 3 heterocycles. The van der Waals surface area contributed by atoms with Crippen LogP contribution < -0.4 is 10.5 Å². The molecule has 0 saturated heterocycles. The van der Waals surface area contributed by atoms with Gasteiger partial charge < -0.3 is 15.4 Å². The molecular weight excluding hydrogens is 454 g/mol. The van der Waals surface area contributed by atoms with Crippen LogP contribution in [0.25, 0.3) is 16.6 Å². The predicted octanol–water partition coefficient (Wildman–Crippen LogP) is 4.38. The van der Waals surface area contributed by atoms with Gasteiger partial charge in [0.05, 0.1) is 41.5 Å². The van der Waals surface area contributed by atoms with Crippen molar-refractivity contribution in [3.63, 3.8) is 0 Å². The van der Waals surface area contributed by atoms with Crippen LogP contribution in [0.2, 0.25) is 0 Å². The second kappa shape index (κ2) is 7.09. The van der Waals surface area contributed by atoms with E-state index in [0.29, 0.717) is 5.56 Å². The summed E-state index contributed by atoms with van der Waals surface area (Å²) in [5.74, 6) is -1.35. The number of benzene rings is 1. The molecule has 2 N–H and O–H groups in total. The van der Waals surface area contributed by atoms with Crippen molar-refractivity contribution in [1.82, 2.24) is 14.5 Å². The van der Waals surface area contributed by atoms with E-state index in [1.165, 1.54) is 23.5 Å². The monoisotopic (exact) mass is 473 g/mol. The molecule has 176 valence electrons. The molecule has 5 rings (SSSR count). The lowest BCUT2D eigenvalue weighted by Gasteiger charge is -2.19. The zero-order valence-corrected chi connectivity index (χ0v) is 18.5. The Bertz CT molecular complexity index is 1450. The second-order valence-electron chi connectivity index (χ2n) is 8.53. The van der Waals surface area contributed by atoms with Crippen molar-refractivity contribution >= 4 is 22.6 Å². The van der Waals surface area contributed by atoms with E-state index in [9.17, 15) is 27.6 Å². The molecule has 1 aliphatic carbocycles. The van der Waals surface area contributed by atoms with E-state index >= 15 is 0 Å². The maximum absolute atomic E-state index is 14.8. The van der Waals surface area contributed by atoms with Crippen molar-refractivity contribution in [1.29, 1.82) is 5.26 Å². The first-order valence-corrected chi connectivity index (χ1v) is 10.5. The van der Waals surface area contributed by atoms with Crippen LogP contribution in [0.15, 0.2) is 6.07 Å². The van der Waals surface area contributed by atoms with Crippen LogP contribution in [-0.2, 0) is 12.7 Å². The van der Waals surface area contributed by atoms with Gasteiger partial charge in [0, 0.05) is 23.2 Å². The molecule has 7 nitrogen and oxygen atoms in total. The largest absolute Gasteiger partial charge is 0.496 e. The molecule has 2 aromatic heterocycles. The van der Waals surface area contributed by atoms with Crippen molar-refractivity contribution in [3.05, 3.63) is 45.5 Å². The Morgan fingerprint density at radius 3 is 2.50 bits per heavy atom. The number of ether oxygens (including phenoxy) is 1. The molecule has 1 fully saturated rings. The van der Waals surface area contributed by atoms with E-state index in [1.54, 1.807) is 13.0 Å². The van der Waals surface area contributed by atoms with Gasteiger partial charge in [-0.3, -0.25) is 9.36 Å². The Hall–Kier alpha value is -3.81. The molecule has 0 radical (unpaired) electrons. The van der Waals surface area contributed by atoms with Gasteiger partial charge in [0.1, 0.15) is 29.0 Å². The summed E-state index contributed by atoms with van der Waals surface area (Å²) in [5.41, 5.74) is 4.77. The van der Waals surface area contributed by atoms with Crippen LogP contribution in [-0.4, -0.2) is 33.5 Å². The first kappa shape index (κ1) is 22.0. The number of anilines is 1. The number of alkyl halides is 3. The van der Waals surface area contributed by atoms with Gasteiger partial charge in [-0.05, 0) is 26.7 Å². The number of aromatic nitrogens is 2. The lowest BCUT2D eigenvalue weighted by Crippen LogP contribution is -2.26. The van der Waals surface area contributed by atoms with Crippen molar-refractivity contribution in [2.75, 3.05) is 12.8 Å². The SMILES string of the molecule is COc1cc(F)c(C)c(-n2c(N)c(C#N)c3c(C(F)(F)F)nc4c(c32)C(=O)N(C2CC2)C4)c1C. The number of hydrogen-bond donors (Lipinski definition) is 1. The molecule has 2 aliphatic rings. The van der Waals surface area contributed by atoms with Crippen LogP contribution >= 0.6 is 0 Å². The topological polar surface area (TPSA) is 97.2 Å². The average Bonchev–Trinajstić information content (AvgIpc) is 3.51. The fourth-order valence-electron chi connectivity index (χ4n) is 4.78. The molecular formula is C23H19F4N5O2.